The minimum absolute atomic E-state index is 0.188. The Morgan fingerprint density at radius 1 is 1.32 bits per heavy atom. The Morgan fingerprint density at radius 3 is 2.72 bits per heavy atom. The van der Waals surface area contributed by atoms with Crippen molar-refractivity contribution in [1.29, 1.82) is 0 Å². The molecule has 2 aliphatic heterocycles. The molecule has 3 rings (SSSR count). The van der Waals surface area contributed by atoms with Crippen molar-refractivity contribution in [2.24, 2.45) is 5.92 Å². The number of rotatable bonds is 6. The summed E-state index contributed by atoms with van der Waals surface area (Å²) in [5.41, 5.74) is -0.191. The molecule has 0 N–H and O–H groups in total. The predicted molar refractivity (Wildman–Crippen MR) is 97.3 cm³/mol. The molecule has 1 spiro atoms. The van der Waals surface area contributed by atoms with Crippen LogP contribution in [0.3, 0.4) is 0 Å². The monoisotopic (exact) mass is 387 g/mol. The van der Waals surface area contributed by atoms with Crippen LogP contribution in [0.15, 0.2) is 29.2 Å². The van der Waals surface area contributed by atoms with Crippen molar-refractivity contribution in [3.63, 3.8) is 0 Å². The van der Waals surface area contributed by atoms with Gasteiger partial charge in [-0.05, 0) is 50.7 Å². The fourth-order valence-corrected chi connectivity index (χ4v) is 5.95. The summed E-state index contributed by atoms with van der Waals surface area (Å²) in [4.78, 5) is 0.188. The summed E-state index contributed by atoms with van der Waals surface area (Å²) in [5, 5.41) is 0.273. The highest BCUT2D eigenvalue weighted by molar-refractivity contribution is 7.89. The van der Waals surface area contributed by atoms with Gasteiger partial charge in [0, 0.05) is 32.9 Å². The summed E-state index contributed by atoms with van der Waals surface area (Å²) in [6.07, 6.45) is 3.47. The van der Waals surface area contributed by atoms with Crippen LogP contribution in [0.5, 0.6) is 0 Å². The van der Waals surface area contributed by atoms with Gasteiger partial charge in [0.05, 0.1) is 10.6 Å². The Balaban J connectivity index is 1.68. The summed E-state index contributed by atoms with van der Waals surface area (Å²) >= 11 is 6.10. The maximum atomic E-state index is 12.9. The van der Waals surface area contributed by atoms with Crippen LogP contribution in [0.2, 0.25) is 5.02 Å². The lowest BCUT2D eigenvalue weighted by atomic mass is 9.78. The van der Waals surface area contributed by atoms with Crippen molar-refractivity contribution >= 4 is 21.6 Å². The van der Waals surface area contributed by atoms with Gasteiger partial charge in [-0.15, -0.1) is 0 Å². The second kappa shape index (κ2) is 7.92. The quantitative estimate of drug-likeness (QED) is 0.702. The number of ether oxygens (including phenoxy) is 2. The first-order chi connectivity index (χ1) is 12.0. The van der Waals surface area contributed by atoms with E-state index in [4.69, 9.17) is 21.1 Å². The Morgan fingerprint density at radius 2 is 2.04 bits per heavy atom. The zero-order valence-corrected chi connectivity index (χ0v) is 16.2. The number of benzene rings is 1. The molecule has 0 saturated carbocycles. The summed E-state index contributed by atoms with van der Waals surface area (Å²) in [7, 11) is -3.56. The van der Waals surface area contributed by atoms with E-state index in [1.54, 1.807) is 28.6 Å². The summed E-state index contributed by atoms with van der Waals surface area (Å²) in [5.74, 6) is 0.448. The molecule has 1 atom stereocenters. The van der Waals surface area contributed by atoms with E-state index in [1.165, 1.54) is 0 Å². The molecule has 0 unspecified atom stereocenters. The van der Waals surface area contributed by atoms with Crippen LogP contribution in [0, 0.1) is 5.92 Å². The van der Waals surface area contributed by atoms with Crippen molar-refractivity contribution in [1.82, 2.24) is 4.31 Å². The van der Waals surface area contributed by atoms with E-state index >= 15 is 0 Å². The van der Waals surface area contributed by atoms with Crippen molar-refractivity contribution in [3.8, 4) is 0 Å². The summed E-state index contributed by atoms with van der Waals surface area (Å²) in [6, 6.07) is 6.62. The predicted octanol–water partition coefficient (Wildman–Crippen LogP) is 3.33. The second-order valence-electron chi connectivity index (χ2n) is 6.72. The van der Waals surface area contributed by atoms with Gasteiger partial charge in [0.1, 0.15) is 4.90 Å². The smallest absolute Gasteiger partial charge is 0.244 e. The average molecular weight is 388 g/mol. The van der Waals surface area contributed by atoms with Gasteiger partial charge in [0.15, 0.2) is 0 Å². The van der Waals surface area contributed by atoms with Crippen LogP contribution >= 0.6 is 11.6 Å². The van der Waals surface area contributed by atoms with Gasteiger partial charge in [-0.3, -0.25) is 0 Å². The largest absolute Gasteiger partial charge is 0.382 e. The zero-order chi connectivity index (χ0) is 17.9. The van der Waals surface area contributed by atoms with Crippen LogP contribution in [0.4, 0.5) is 0 Å². The van der Waals surface area contributed by atoms with Crippen molar-refractivity contribution < 1.29 is 17.9 Å². The highest BCUT2D eigenvalue weighted by atomic mass is 35.5. The molecule has 1 aromatic carbocycles. The third kappa shape index (κ3) is 3.88. The molecule has 25 heavy (non-hydrogen) atoms. The Hall–Kier alpha value is -0.660. The third-order valence-electron chi connectivity index (χ3n) is 5.44. The third-order valence-corrected chi connectivity index (χ3v) is 7.84. The molecule has 1 aromatic rings. The van der Waals surface area contributed by atoms with E-state index in [0.29, 0.717) is 19.0 Å². The van der Waals surface area contributed by atoms with Gasteiger partial charge in [0.2, 0.25) is 10.0 Å². The molecule has 5 nitrogen and oxygen atoms in total. The van der Waals surface area contributed by atoms with E-state index in [9.17, 15) is 8.42 Å². The molecule has 140 valence electrons. The van der Waals surface area contributed by atoms with Crippen molar-refractivity contribution in [3.05, 3.63) is 29.3 Å². The van der Waals surface area contributed by atoms with Crippen molar-refractivity contribution in [2.45, 2.75) is 43.1 Å². The molecule has 2 fully saturated rings. The number of nitrogens with zero attached hydrogens (tertiary/aromatic N) is 1. The fourth-order valence-electron chi connectivity index (χ4n) is 4.01. The lowest BCUT2D eigenvalue weighted by molar-refractivity contribution is -0.0611. The van der Waals surface area contributed by atoms with Gasteiger partial charge in [-0.1, -0.05) is 23.7 Å². The number of piperidine rings is 1. The first-order valence-electron chi connectivity index (χ1n) is 8.96. The molecule has 0 aliphatic carbocycles. The lowest BCUT2D eigenvalue weighted by Crippen LogP contribution is -2.49. The van der Waals surface area contributed by atoms with Gasteiger partial charge in [-0.2, -0.15) is 4.31 Å². The molecule has 0 bridgehead atoms. The summed E-state index contributed by atoms with van der Waals surface area (Å²) in [6.45, 7) is 5.17. The Kier molecular flexibility index (Phi) is 6.06. The van der Waals surface area contributed by atoms with Gasteiger partial charge in [0.25, 0.3) is 0 Å². The molecule has 7 heteroatoms. The van der Waals surface area contributed by atoms with Gasteiger partial charge < -0.3 is 9.47 Å². The van der Waals surface area contributed by atoms with Gasteiger partial charge >= 0.3 is 0 Å². The highest BCUT2D eigenvalue weighted by Crippen LogP contribution is 2.43. The molecule has 0 amide bonds. The normalized spacial score (nSPS) is 24.0. The molecule has 2 saturated heterocycles. The van der Waals surface area contributed by atoms with Crippen LogP contribution in [0.1, 0.15) is 32.6 Å². The van der Waals surface area contributed by atoms with Crippen LogP contribution in [-0.4, -0.2) is 51.2 Å². The minimum atomic E-state index is -3.56. The maximum absolute atomic E-state index is 12.9. The fraction of sp³-hybridized carbons (Fsp3) is 0.667. The molecule has 0 aromatic heterocycles. The maximum Gasteiger partial charge on any atom is 0.244 e. The minimum Gasteiger partial charge on any atom is -0.382 e. The Bertz CT molecular complexity index is 686. The molecular formula is C18H26ClNO4S. The van der Waals surface area contributed by atoms with Crippen LogP contribution < -0.4 is 0 Å². The van der Waals surface area contributed by atoms with E-state index in [1.807, 2.05) is 6.92 Å². The standard InChI is InChI=1S/C18H26ClNO4S/c1-2-23-13-7-15-8-14-24-18(15)9-11-20(12-10-18)25(21,22)17-6-4-3-5-16(17)19/h3-6,15H,2,7-14H2,1H3/t15-/m0/s1. The van der Waals surface area contributed by atoms with E-state index in [-0.39, 0.29) is 15.5 Å². The number of halogens is 1. The lowest BCUT2D eigenvalue weighted by Gasteiger charge is -2.41. The Labute approximate surface area is 155 Å². The first kappa shape index (κ1) is 19.1. The van der Waals surface area contributed by atoms with E-state index in [2.05, 4.69) is 0 Å². The van der Waals surface area contributed by atoms with Crippen LogP contribution in [-0.2, 0) is 19.5 Å². The topological polar surface area (TPSA) is 55.8 Å². The highest BCUT2D eigenvalue weighted by Gasteiger charge is 2.47. The van der Waals surface area contributed by atoms with E-state index in [0.717, 1.165) is 45.5 Å². The van der Waals surface area contributed by atoms with E-state index < -0.39 is 10.0 Å². The molecule has 2 aliphatic rings. The van der Waals surface area contributed by atoms with Crippen molar-refractivity contribution in [2.75, 3.05) is 32.9 Å². The zero-order valence-electron chi connectivity index (χ0n) is 14.6. The summed E-state index contributed by atoms with van der Waals surface area (Å²) < 4.78 is 38.9. The molecule has 0 radical (unpaired) electrons. The SMILES string of the molecule is CCOCC[C@H]1CCOC12CCN(S(=O)(=O)c1ccccc1Cl)CC2. The van der Waals surface area contributed by atoms with Crippen LogP contribution in [0.25, 0.3) is 0 Å². The average Bonchev–Trinajstić information content (AvgIpc) is 2.98. The number of hydrogen-bond donors (Lipinski definition) is 0. The molecule has 2 heterocycles. The molecular weight excluding hydrogens is 362 g/mol. The van der Waals surface area contributed by atoms with Gasteiger partial charge in [-0.25, -0.2) is 8.42 Å². The second-order valence-corrected chi connectivity index (χ2v) is 9.03. The number of sulfonamides is 1. The first-order valence-corrected chi connectivity index (χ1v) is 10.8. The number of hydrogen-bond acceptors (Lipinski definition) is 4.